The molecule has 0 aliphatic carbocycles. The second-order valence-electron chi connectivity index (χ2n) is 2.11. The number of carboxylic acid groups (broad SMARTS) is 1. The van der Waals surface area contributed by atoms with Crippen molar-refractivity contribution in [3.05, 3.63) is 20.4 Å². The Kier molecular flexibility index (Phi) is 1.78. The molecule has 0 aromatic carbocycles. The van der Waals surface area contributed by atoms with Crippen molar-refractivity contribution in [3.63, 3.8) is 0 Å². The summed E-state index contributed by atoms with van der Waals surface area (Å²) in [7, 11) is 0. The fourth-order valence-corrected chi connectivity index (χ4v) is 5.46. The van der Waals surface area contributed by atoms with Crippen LogP contribution in [0, 0.1) is 0 Å². The number of carbonyl (C=O) groups is 1. The first kappa shape index (κ1) is 7.38. The van der Waals surface area contributed by atoms with Crippen LogP contribution in [0.4, 0.5) is 0 Å². The van der Waals surface area contributed by atoms with Gasteiger partial charge < -0.3 is 0 Å². The second kappa shape index (κ2) is 2.65. The van der Waals surface area contributed by atoms with Crippen molar-refractivity contribution in [1.29, 1.82) is 0 Å². The van der Waals surface area contributed by atoms with E-state index in [0.717, 1.165) is 0 Å². The van der Waals surface area contributed by atoms with Gasteiger partial charge in [0.25, 0.3) is 0 Å². The zero-order valence-corrected chi connectivity index (χ0v) is 8.83. The van der Waals surface area contributed by atoms with Crippen LogP contribution in [-0.2, 0) is 0 Å². The molecule has 0 radical (unpaired) electrons. The maximum absolute atomic E-state index is 10.5. The molecule has 0 fully saturated rings. The van der Waals surface area contributed by atoms with Crippen LogP contribution >= 0.6 is 0 Å². The molecule has 0 aliphatic rings. The second-order valence-corrected chi connectivity index (χ2v) is 5.94. The van der Waals surface area contributed by atoms with Crippen LogP contribution in [0.3, 0.4) is 0 Å². The average molecular weight is 278 g/mol. The molecule has 2 aromatic heterocycles. The standard InChI is InChI=1S/C7H4O2Se2/c8-7(9)5-1-4-2-10-3-6(4)11-5/h1-3H,(H,8,9). The van der Waals surface area contributed by atoms with Gasteiger partial charge in [-0.2, -0.15) is 0 Å². The van der Waals surface area contributed by atoms with Crippen LogP contribution < -0.4 is 0 Å². The molecule has 0 amide bonds. The van der Waals surface area contributed by atoms with E-state index >= 15 is 0 Å². The van der Waals surface area contributed by atoms with Crippen molar-refractivity contribution >= 4 is 44.6 Å². The van der Waals surface area contributed by atoms with E-state index in [0.29, 0.717) is 18.9 Å². The number of carboxylic acids is 1. The van der Waals surface area contributed by atoms with E-state index in [9.17, 15) is 4.79 Å². The SMILES string of the molecule is O=C(O)c1cc2c[se]cc2[se]1. The molecule has 4 heteroatoms. The number of hydrogen-bond donors (Lipinski definition) is 1. The van der Waals surface area contributed by atoms with Crippen molar-refractivity contribution < 1.29 is 9.90 Å². The maximum atomic E-state index is 10.5. The molecule has 11 heavy (non-hydrogen) atoms. The summed E-state index contributed by atoms with van der Waals surface area (Å²) in [6.45, 7) is 0. The van der Waals surface area contributed by atoms with E-state index in [-0.39, 0.29) is 14.5 Å². The van der Waals surface area contributed by atoms with Gasteiger partial charge in [-0.25, -0.2) is 0 Å². The van der Waals surface area contributed by atoms with Gasteiger partial charge in [0.05, 0.1) is 0 Å². The molecule has 1 N–H and O–H groups in total. The summed E-state index contributed by atoms with van der Waals surface area (Å²) in [5.41, 5.74) is 0. The van der Waals surface area contributed by atoms with E-state index in [2.05, 4.69) is 9.88 Å². The van der Waals surface area contributed by atoms with E-state index in [4.69, 9.17) is 5.11 Å². The number of hydrogen-bond acceptors (Lipinski definition) is 1. The van der Waals surface area contributed by atoms with Crippen LogP contribution in [0.1, 0.15) is 9.23 Å². The van der Waals surface area contributed by atoms with Crippen molar-refractivity contribution in [2.24, 2.45) is 0 Å². The summed E-state index contributed by atoms with van der Waals surface area (Å²) in [4.78, 5) is 14.8. The van der Waals surface area contributed by atoms with Gasteiger partial charge >= 0.3 is 74.9 Å². The van der Waals surface area contributed by atoms with Gasteiger partial charge in [-0.05, 0) is 0 Å². The van der Waals surface area contributed by atoms with Crippen LogP contribution in [-0.4, -0.2) is 40.1 Å². The molecule has 2 nitrogen and oxygen atoms in total. The Morgan fingerprint density at radius 1 is 1.45 bits per heavy atom. The van der Waals surface area contributed by atoms with Gasteiger partial charge in [0.2, 0.25) is 0 Å². The Morgan fingerprint density at radius 2 is 2.27 bits per heavy atom. The Morgan fingerprint density at radius 3 is 2.91 bits per heavy atom. The summed E-state index contributed by atoms with van der Waals surface area (Å²) in [6.07, 6.45) is 0. The van der Waals surface area contributed by atoms with Gasteiger partial charge in [0, 0.05) is 0 Å². The summed E-state index contributed by atoms with van der Waals surface area (Å²) in [5, 5.41) is 9.84. The van der Waals surface area contributed by atoms with E-state index in [1.54, 1.807) is 0 Å². The average Bonchev–Trinajstić information content (AvgIpc) is 2.40. The first-order chi connectivity index (χ1) is 5.27. The monoisotopic (exact) mass is 280 g/mol. The van der Waals surface area contributed by atoms with Crippen molar-refractivity contribution in [2.45, 2.75) is 0 Å². The Balaban J connectivity index is 2.67. The molecule has 2 heterocycles. The molecule has 0 atom stereocenters. The summed E-state index contributed by atoms with van der Waals surface area (Å²) in [5.74, 6) is -0.756. The molecule has 0 bridgehead atoms. The van der Waals surface area contributed by atoms with Crippen LogP contribution in [0.2, 0.25) is 0 Å². The van der Waals surface area contributed by atoms with Gasteiger partial charge in [0.15, 0.2) is 0 Å². The third-order valence-corrected chi connectivity index (χ3v) is 6.00. The molecule has 0 aliphatic heterocycles. The fourth-order valence-electron chi connectivity index (χ4n) is 0.878. The first-order valence-electron chi connectivity index (χ1n) is 2.96. The third-order valence-electron chi connectivity index (χ3n) is 1.37. The third kappa shape index (κ3) is 1.23. The van der Waals surface area contributed by atoms with Gasteiger partial charge in [-0.3, -0.25) is 0 Å². The van der Waals surface area contributed by atoms with Gasteiger partial charge in [0.1, 0.15) is 0 Å². The zero-order valence-electron chi connectivity index (χ0n) is 5.40. The molecule has 0 unspecified atom stereocenters. The van der Waals surface area contributed by atoms with Gasteiger partial charge in [-0.15, -0.1) is 0 Å². The molecule has 2 rings (SSSR count). The number of aromatic carboxylic acids is 1. The molecular formula is C7H4O2Se2. The molecule has 0 saturated carbocycles. The predicted octanol–water partition coefficient (Wildman–Crippen LogP) is 0.652. The normalized spacial score (nSPS) is 10.5. The topological polar surface area (TPSA) is 37.3 Å². The van der Waals surface area contributed by atoms with Gasteiger partial charge in [-0.1, -0.05) is 0 Å². The Hall–Kier alpha value is -0.271. The molecular weight excluding hydrogens is 274 g/mol. The number of rotatable bonds is 1. The summed E-state index contributed by atoms with van der Waals surface area (Å²) < 4.78 is 1.86. The molecule has 0 saturated heterocycles. The summed E-state index contributed by atoms with van der Waals surface area (Å²) in [6, 6.07) is 1.81. The van der Waals surface area contributed by atoms with Crippen LogP contribution in [0.15, 0.2) is 15.9 Å². The van der Waals surface area contributed by atoms with Crippen LogP contribution in [0.5, 0.6) is 0 Å². The predicted molar refractivity (Wildman–Crippen MR) is 44.8 cm³/mol. The van der Waals surface area contributed by atoms with E-state index < -0.39 is 5.97 Å². The number of fused-ring (bicyclic) bond motifs is 1. The minimum atomic E-state index is -0.756. The van der Waals surface area contributed by atoms with E-state index in [1.165, 1.54) is 9.65 Å². The zero-order chi connectivity index (χ0) is 7.84. The molecule has 0 spiro atoms. The fraction of sp³-hybridized carbons (Fsp3) is 0. The molecule has 2 aromatic rings. The Bertz CT molecular complexity index is 371. The minimum absolute atomic E-state index is 0.0793. The van der Waals surface area contributed by atoms with Crippen molar-refractivity contribution in [2.75, 3.05) is 0 Å². The van der Waals surface area contributed by atoms with Crippen molar-refractivity contribution in [1.82, 2.24) is 0 Å². The Labute approximate surface area is 74.9 Å². The summed E-state index contributed by atoms with van der Waals surface area (Å²) >= 11 is 0.572. The first-order valence-corrected chi connectivity index (χ1v) is 6.65. The van der Waals surface area contributed by atoms with Crippen LogP contribution in [0.25, 0.3) is 9.65 Å². The van der Waals surface area contributed by atoms with Crippen molar-refractivity contribution in [3.8, 4) is 0 Å². The molecule has 56 valence electrons. The van der Waals surface area contributed by atoms with E-state index in [1.807, 2.05) is 6.07 Å². The quantitative estimate of drug-likeness (QED) is 0.778.